The zero-order valence-electron chi connectivity index (χ0n) is 6.29. The molecule has 0 saturated heterocycles. The number of esters is 1. The Kier molecular flexibility index (Phi) is 3.68. The Morgan fingerprint density at radius 3 is 2.92 bits per heavy atom. The highest BCUT2D eigenvalue weighted by atomic mass is 35.5. The van der Waals surface area contributed by atoms with Crippen molar-refractivity contribution in [3.8, 4) is 0 Å². The lowest BCUT2D eigenvalue weighted by atomic mass is 10.4. The van der Waals surface area contributed by atoms with Crippen LogP contribution < -0.4 is 0 Å². The highest BCUT2D eigenvalue weighted by Gasteiger charge is 2.27. The predicted octanol–water partition coefficient (Wildman–Crippen LogP) is 1.48. The number of aliphatic imine (C=N–C) groups is 1. The lowest BCUT2D eigenvalue weighted by Gasteiger charge is -2.00. The molecule has 1 aliphatic rings. The lowest BCUT2D eigenvalue weighted by Crippen LogP contribution is -2.19. The Morgan fingerprint density at radius 1 is 1.83 bits per heavy atom. The van der Waals surface area contributed by atoms with Gasteiger partial charge in [-0.2, -0.15) is 0 Å². The molecule has 0 aliphatic carbocycles. The number of hydrogen-bond acceptors (Lipinski definition) is 4. The van der Waals surface area contributed by atoms with E-state index in [4.69, 9.17) is 23.2 Å². The van der Waals surface area contributed by atoms with Crippen LogP contribution in [0.1, 0.15) is 0 Å². The Bertz CT molecular complexity index is 220. The molecule has 0 bridgehead atoms. The molecule has 0 N–H and O–H groups in total. The number of carbonyl (C=O) groups is 1. The van der Waals surface area contributed by atoms with Gasteiger partial charge in [-0.1, -0.05) is 23.2 Å². The molecule has 0 aromatic rings. The molecule has 0 fully saturated rings. The third kappa shape index (κ3) is 2.28. The summed E-state index contributed by atoms with van der Waals surface area (Å²) in [7, 11) is 1.33. The fraction of sp³-hybridized carbons (Fsp3) is 0.667. The third-order valence-electron chi connectivity index (χ3n) is 1.33. The summed E-state index contributed by atoms with van der Waals surface area (Å²) in [6, 6.07) is -0.435. The summed E-state index contributed by atoms with van der Waals surface area (Å²) >= 11 is 12.5. The number of nitrogens with zero attached hydrogens (tertiary/aromatic N) is 1. The number of hydrogen-bond donors (Lipinski definition) is 0. The van der Waals surface area contributed by atoms with Gasteiger partial charge in [0.2, 0.25) is 0 Å². The van der Waals surface area contributed by atoms with Crippen LogP contribution in [0.15, 0.2) is 4.99 Å². The summed E-state index contributed by atoms with van der Waals surface area (Å²) in [6.45, 7) is 0. The molecule has 0 aromatic heterocycles. The van der Waals surface area contributed by atoms with Crippen molar-refractivity contribution < 1.29 is 9.53 Å². The topological polar surface area (TPSA) is 38.7 Å². The minimum Gasteiger partial charge on any atom is -0.467 e. The molecular formula is C6H7Cl2NO2S. The SMILES string of the molecule is COC(=O)C1CSC(C(Cl)Cl)=N1. The average molecular weight is 228 g/mol. The van der Waals surface area contributed by atoms with Crippen LogP contribution in [0.2, 0.25) is 0 Å². The second-order valence-corrected chi connectivity index (χ2v) is 4.25. The van der Waals surface area contributed by atoms with E-state index in [0.29, 0.717) is 10.8 Å². The van der Waals surface area contributed by atoms with Gasteiger partial charge < -0.3 is 4.74 Å². The predicted molar refractivity (Wildman–Crippen MR) is 51.2 cm³/mol. The van der Waals surface area contributed by atoms with Gasteiger partial charge in [0.15, 0.2) is 10.9 Å². The van der Waals surface area contributed by atoms with Crippen LogP contribution in [0, 0.1) is 0 Å². The van der Waals surface area contributed by atoms with Crippen molar-refractivity contribution in [3.63, 3.8) is 0 Å². The number of halogens is 2. The van der Waals surface area contributed by atoms with Gasteiger partial charge in [0.05, 0.1) is 7.11 Å². The second kappa shape index (κ2) is 4.35. The molecule has 1 atom stereocenters. The van der Waals surface area contributed by atoms with Crippen LogP contribution in [0.3, 0.4) is 0 Å². The van der Waals surface area contributed by atoms with Gasteiger partial charge in [-0.25, -0.2) is 4.79 Å². The van der Waals surface area contributed by atoms with Crippen molar-refractivity contribution in [1.82, 2.24) is 0 Å². The van der Waals surface area contributed by atoms with Crippen LogP contribution in [0.25, 0.3) is 0 Å². The monoisotopic (exact) mass is 227 g/mol. The normalized spacial score (nSPS) is 22.7. The summed E-state index contributed by atoms with van der Waals surface area (Å²) < 4.78 is 4.52. The van der Waals surface area contributed by atoms with Crippen LogP contribution >= 0.6 is 35.0 Å². The third-order valence-corrected chi connectivity index (χ3v) is 3.12. The van der Waals surface area contributed by atoms with E-state index in [1.807, 2.05) is 0 Å². The maximum Gasteiger partial charge on any atom is 0.331 e. The smallest absolute Gasteiger partial charge is 0.331 e. The number of carbonyl (C=O) groups excluding carboxylic acids is 1. The van der Waals surface area contributed by atoms with Crippen molar-refractivity contribution >= 4 is 46.0 Å². The minimum atomic E-state index is -0.635. The van der Waals surface area contributed by atoms with Crippen LogP contribution in [-0.2, 0) is 9.53 Å². The Morgan fingerprint density at radius 2 is 2.50 bits per heavy atom. The van der Waals surface area contributed by atoms with Gasteiger partial charge in [0.1, 0.15) is 5.04 Å². The standard InChI is InChI=1S/C6H7Cl2NO2S/c1-11-6(10)3-2-12-5(9-3)4(7)8/h3-4H,2H2,1H3. The van der Waals surface area contributed by atoms with E-state index in [0.717, 1.165) is 0 Å². The molecule has 6 heteroatoms. The molecule has 0 amide bonds. The van der Waals surface area contributed by atoms with E-state index < -0.39 is 10.9 Å². The van der Waals surface area contributed by atoms with Gasteiger partial charge in [-0.15, -0.1) is 11.8 Å². The number of rotatable bonds is 2. The van der Waals surface area contributed by atoms with E-state index in [9.17, 15) is 4.79 Å². The van der Waals surface area contributed by atoms with Gasteiger partial charge in [0, 0.05) is 5.75 Å². The lowest BCUT2D eigenvalue weighted by molar-refractivity contribution is -0.141. The van der Waals surface area contributed by atoms with Crippen molar-refractivity contribution in [2.75, 3.05) is 12.9 Å². The molecular weight excluding hydrogens is 221 g/mol. The number of thioether (sulfide) groups is 1. The van der Waals surface area contributed by atoms with E-state index in [1.54, 1.807) is 0 Å². The van der Waals surface area contributed by atoms with Gasteiger partial charge >= 0.3 is 5.97 Å². The molecule has 0 radical (unpaired) electrons. The molecule has 3 nitrogen and oxygen atoms in total. The van der Waals surface area contributed by atoms with E-state index >= 15 is 0 Å². The van der Waals surface area contributed by atoms with Gasteiger partial charge in [-0.3, -0.25) is 4.99 Å². The van der Waals surface area contributed by atoms with E-state index in [-0.39, 0.29) is 5.97 Å². The first-order chi connectivity index (χ1) is 5.65. The van der Waals surface area contributed by atoms with Crippen molar-refractivity contribution in [1.29, 1.82) is 0 Å². The number of alkyl halides is 2. The average Bonchev–Trinajstić information content (AvgIpc) is 2.51. The van der Waals surface area contributed by atoms with Crippen LogP contribution in [0.5, 0.6) is 0 Å². The Labute approximate surface area is 84.5 Å². The van der Waals surface area contributed by atoms with Gasteiger partial charge in [0.25, 0.3) is 0 Å². The molecule has 0 saturated carbocycles. The van der Waals surface area contributed by atoms with Crippen LogP contribution in [-0.4, -0.2) is 34.8 Å². The zero-order valence-corrected chi connectivity index (χ0v) is 8.62. The summed E-state index contributed by atoms with van der Waals surface area (Å²) in [5, 5.41) is 0.591. The van der Waals surface area contributed by atoms with E-state index in [2.05, 4.69) is 9.73 Å². The maximum atomic E-state index is 11.0. The highest BCUT2D eigenvalue weighted by Crippen LogP contribution is 2.25. The summed E-state index contributed by atoms with van der Waals surface area (Å²) in [6.07, 6.45) is 0. The first-order valence-corrected chi connectivity index (χ1v) is 5.07. The van der Waals surface area contributed by atoms with Crippen molar-refractivity contribution in [2.24, 2.45) is 4.99 Å². The quantitative estimate of drug-likeness (QED) is 0.530. The fourth-order valence-electron chi connectivity index (χ4n) is 0.769. The maximum absolute atomic E-state index is 11.0. The zero-order chi connectivity index (χ0) is 9.14. The van der Waals surface area contributed by atoms with Gasteiger partial charge in [-0.05, 0) is 0 Å². The first kappa shape index (κ1) is 10.2. The Balaban J connectivity index is 2.58. The number of methoxy groups -OCH3 is 1. The van der Waals surface area contributed by atoms with Crippen molar-refractivity contribution in [2.45, 2.75) is 10.9 Å². The largest absolute Gasteiger partial charge is 0.467 e. The number of ether oxygens (including phenoxy) is 1. The fourth-order valence-corrected chi connectivity index (χ4v) is 2.13. The molecule has 1 unspecified atom stereocenters. The van der Waals surface area contributed by atoms with Crippen molar-refractivity contribution in [3.05, 3.63) is 0 Å². The molecule has 1 rings (SSSR count). The molecule has 0 aromatic carbocycles. The summed E-state index contributed by atoms with van der Waals surface area (Å²) in [5.41, 5.74) is 0. The summed E-state index contributed by atoms with van der Waals surface area (Å²) in [5.74, 6) is 0.226. The Hall–Kier alpha value is 0.0700. The first-order valence-electron chi connectivity index (χ1n) is 3.21. The van der Waals surface area contributed by atoms with E-state index in [1.165, 1.54) is 18.9 Å². The molecule has 1 aliphatic heterocycles. The second-order valence-electron chi connectivity index (χ2n) is 2.12. The highest BCUT2D eigenvalue weighted by molar-refractivity contribution is 8.14. The van der Waals surface area contributed by atoms with Crippen LogP contribution in [0.4, 0.5) is 0 Å². The summed E-state index contributed by atoms with van der Waals surface area (Å²) in [4.78, 5) is 14.3. The molecule has 1 heterocycles. The molecule has 0 spiro atoms. The minimum absolute atomic E-state index is 0.341. The molecule has 68 valence electrons. The molecule has 12 heavy (non-hydrogen) atoms.